The van der Waals surface area contributed by atoms with E-state index in [0.717, 1.165) is 37.7 Å². The number of fused-ring (bicyclic) bond motifs is 1. The molecule has 2 aromatic carbocycles. The molecular weight excluding hydrogens is 350 g/mol. The molecule has 7 heteroatoms. The number of carbonyl (C=O) groups is 1. The maximum atomic E-state index is 12.1. The number of carbonyl (C=O) groups excluding carboxylic acids is 1. The number of thiazole rings is 1. The fraction of sp³-hybridized carbons (Fsp3) is 0.263. The lowest BCUT2D eigenvalue weighted by molar-refractivity contribution is -0.384. The number of hydrogen-bond acceptors (Lipinski definition) is 5. The largest absolute Gasteiger partial charge is 0.280 e. The molecule has 6 nitrogen and oxygen atoms in total. The zero-order valence-electron chi connectivity index (χ0n) is 14.0. The minimum absolute atomic E-state index is 0.0315. The smallest absolute Gasteiger partial charge is 0.270 e. The fourth-order valence-corrected chi connectivity index (χ4v) is 4.88. The van der Waals surface area contributed by atoms with Gasteiger partial charge in [-0.2, -0.15) is 0 Å². The summed E-state index contributed by atoms with van der Waals surface area (Å²) in [6.45, 7) is 0. The Labute approximate surface area is 154 Å². The third kappa shape index (κ3) is 2.64. The fourth-order valence-electron chi connectivity index (χ4n) is 3.82. The van der Waals surface area contributed by atoms with Crippen molar-refractivity contribution < 1.29 is 9.72 Å². The van der Waals surface area contributed by atoms with Crippen molar-refractivity contribution in [1.29, 1.82) is 0 Å². The topological polar surface area (TPSA) is 76.3 Å². The van der Waals surface area contributed by atoms with Gasteiger partial charge in [-0.25, -0.2) is 4.98 Å². The standard InChI is InChI=1S/C19H17N3O3S/c23-13-21(19(10-4-5-11-19)14-6-2-1-3-7-14)18-20-16-9-8-15(22(24)25)12-17(16)26-18/h1-3,6-9,12-13H,4-5,10-11H2. The Morgan fingerprint density at radius 3 is 2.54 bits per heavy atom. The van der Waals surface area contributed by atoms with Gasteiger partial charge in [0.05, 0.1) is 20.7 Å². The van der Waals surface area contributed by atoms with Crippen LogP contribution in [0.2, 0.25) is 0 Å². The van der Waals surface area contributed by atoms with Crippen LogP contribution in [0.25, 0.3) is 10.2 Å². The molecule has 1 saturated carbocycles. The molecule has 0 unspecified atom stereocenters. The number of nitro benzene ring substituents is 1. The first-order valence-corrected chi connectivity index (χ1v) is 9.31. The number of amides is 1. The lowest BCUT2D eigenvalue weighted by Crippen LogP contribution is -2.43. The van der Waals surface area contributed by atoms with Gasteiger partial charge in [0.2, 0.25) is 6.41 Å². The molecule has 1 aromatic heterocycles. The maximum absolute atomic E-state index is 12.1. The minimum Gasteiger partial charge on any atom is -0.280 e. The monoisotopic (exact) mass is 367 g/mol. The normalized spacial score (nSPS) is 15.8. The molecule has 1 aliphatic rings. The van der Waals surface area contributed by atoms with Crippen LogP contribution in [-0.2, 0) is 10.3 Å². The molecule has 0 spiro atoms. The van der Waals surface area contributed by atoms with Crippen LogP contribution in [0.4, 0.5) is 10.8 Å². The molecule has 3 aromatic rings. The van der Waals surface area contributed by atoms with Crippen molar-refractivity contribution >= 4 is 38.8 Å². The van der Waals surface area contributed by atoms with E-state index in [-0.39, 0.29) is 5.69 Å². The second-order valence-corrected chi connectivity index (χ2v) is 7.49. The first-order chi connectivity index (χ1) is 12.6. The summed E-state index contributed by atoms with van der Waals surface area (Å²) in [5, 5.41) is 11.6. The highest BCUT2D eigenvalue weighted by molar-refractivity contribution is 7.22. The summed E-state index contributed by atoms with van der Waals surface area (Å²) in [4.78, 5) is 29.0. The van der Waals surface area contributed by atoms with Crippen molar-refractivity contribution in [3.8, 4) is 0 Å². The summed E-state index contributed by atoms with van der Waals surface area (Å²) in [6.07, 6.45) is 4.72. The zero-order valence-corrected chi connectivity index (χ0v) is 14.8. The van der Waals surface area contributed by atoms with Crippen molar-refractivity contribution in [2.24, 2.45) is 0 Å². The van der Waals surface area contributed by atoms with Crippen LogP contribution in [0, 0.1) is 10.1 Å². The highest BCUT2D eigenvalue weighted by Crippen LogP contribution is 2.46. The van der Waals surface area contributed by atoms with Crippen molar-refractivity contribution in [1.82, 2.24) is 4.98 Å². The van der Waals surface area contributed by atoms with Gasteiger partial charge >= 0.3 is 0 Å². The highest BCUT2D eigenvalue weighted by Gasteiger charge is 2.42. The van der Waals surface area contributed by atoms with Gasteiger partial charge < -0.3 is 0 Å². The van der Waals surface area contributed by atoms with E-state index in [0.29, 0.717) is 15.3 Å². The Balaban J connectivity index is 1.82. The number of benzene rings is 2. The number of aromatic nitrogens is 1. The van der Waals surface area contributed by atoms with Crippen LogP contribution in [-0.4, -0.2) is 16.3 Å². The lowest BCUT2D eigenvalue weighted by Gasteiger charge is -2.37. The third-order valence-corrected chi connectivity index (χ3v) is 6.10. The van der Waals surface area contributed by atoms with Gasteiger partial charge in [0.25, 0.3) is 5.69 Å². The van der Waals surface area contributed by atoms with Gasteiger partial charge in [-0.05, 0) is 24.5 Å². The van der Waals surface area contributed by atoms with Crippen molar-refractivity contribution in [3.05, 3.63) is 64.2 Å². The van der Waals surface area contributed by atoms with E-state index in [2.05, 4.69) is 17.1 Å². The number of anilines is 1. The number of nitro groups is 1. The van der Waals surface area contributed by atoms with Crippen molar-refractivity contribution in [2.75, 3.05) is 4.90 Å². The van der Waals surface area contributed by atoms with E-state index >= 15 is 0 Å². The molecule has 0 bridgehead atoms. The Kier molecular flexibility index (Phi) is 4.16. The summed E-state index contributed by atoms with van der Waals surface area (Å²) < 4.78 is 0.710. The first-order valence-electron chi connectivity index (χ1n) is 8.49. The van der Waals surface area contributed by atoms with E-state index in [1.165, 1.54) is 23.5 Å². The van der Waals surface area contributed by atoms with Crippen molar-refractivity contribution in [3.63, 3.8) is 0 Å². The van der Waals surface area contributed by atoms with Gasteiger partial charge in [-0.3, -0.25) is 19.8 Å². The van der Waals surface area contributed by atoms with Gasteiger partial charge in [0, 0.05) is 12.1 Å². The third-order valence-electron chi connectivity index (χ3n) is 5.09. The summed E-state index contributed by atoms with van der Waals surface area (Å²) in [5.74, 6) is 0. The van der Waals surface area contributed by atoms with Gasteiger partial charge in [0.1, 0.15) is 0 Å². The van der Waals surface area contributed by atoms with Gasteiger partial charge in [-0.1, -0.05) is 54.5 Å². The van der Waals surface area contributed by atoms with Crippen LogP contribution >= 0.6 is 11.3 Å². The van der Waals surface area contributed by atoms with E-state index in [4.69, 9.17) is 0 Å². The van der Waals surface area contributed by atoms with Gasteiger partial charge in [-0.15, -0.1) is 0 Å². The molecule has 1 heterocycles. The molecule has 1 amide bonds. The van der Waals surface area contributed by atoms with E-state index < -0.39 is 10.5 Å². The molecule has 0 aliphatic heterocycles. The molecule has 0 N–H and O–H groups in total. The molecule has 0 atom stereocenters. The quantitative estimate of drug-likeness (QED) is 0.374. The Bertz CT molecular complexity index is 965. The second kappa shape index (κ2) is 6.49. The molecular formula is C19H17N3O3S. The maximum Gasteiger partial charge on any atom is 0.270 e. The van der Waals surface area contributed by atoms with Crippen LogP contribution in [0.15, 0.2) is 48.5 Å². The zero-order chi connectivity index (χ0) is 18.1. The Hall–Kier alpha value is -2.80. The van der Waals surface area contributed by atoms with E-state index in [1.54, 1.807) is 11.0 Å². The molecule has 26 heavy (non-hydrogen) atoms. The van der Waals surface area contributed by atoms with Crippen molar-refractivity contribution in [2.45, 2.75) is 31.2 Å². The van der Waals surface area contributed by atoms with Crippen LogP contribution < -0.4 is 4.90 Å². The van der Waals surface area contributed by atoms with E-state index in [1.807, 2.05) is 18.2 Å². The summed E-state index contributed by atoms with van der Waals surface area (Å²) in [5.41, 5.74) is 1.41. The summed E-state index contributed by atoms with van der Waals surface area (Å²) >= 11 is 1.32. The average Bonchev–Trinajstić information content (AvgIpc) is 3.30. The van der Waals surface area contributed by atoms with Crippen LogP contribution in [0.3, 0.4) is 0 Å². The Morgan fingerprint density at radius 1 is 1.15 bits per heavy atom. The van der Waals surface area contributed by atoms with E-state index in [9.17, 15) is 14.9 Å². The highest BCUT2D eigenvalue weighted by atomic mass is 32.1. The summed E-state index contributed by atoms with van der Waals surface area (Å²) in [6, 6.07) is 14.7. The SMILES string of the molecule is O=CN(c1nc2ccc([N+](=O)[O-])cc2s1)C1(c2ccccc2)CCCC1. The minimum atomic E-state index is -0.418. The average molecular weight is 367 g/mol. The lowest BCUT2D eigenvalue weighted by atomic mass is 9.87. The molecule has 0 saturated heterocycles. The molecule has 132 valence electrons. The summed E-state index contributed by atoms with van der Waals surface area (Å²) in [7, 11) is 0. The molecule has 4 rings (SSSR count). The number of nitrogens with zero attached hydrogens (tertiary/aromatic N) is 3. The molecule has 1 aliphatic carbocycles. The number of non-ortho nitro benzene ring substituents is 1. The number of rotatable bonds is 5. The predicted molar refractivity (Wildman–Crippen MR) is 101 cm³/mol. The second-order valence-electron chi connectivity index (χ2n) is 6.49. The Morgan fingerprint density at radius 2 is 1.88 bits per heavy atom. The first kappa shape index (κ1) is 16.7. The molecule has 1 fully saturated rings. The van der Waals surface area contributed by atoms with Gasteiger partial charge in [0.15, 0.2) is 5.13 Å². The molecule has 0 radical (unpaired) electrons. The predicted octanol–water partition coefficient (Wildman–Crippen LogP) is 4.64. The van der Waals surface area contributed by atoms with Crippen LogP contribution in [0.1, 0.15) is 31.2 Å². The van der Waals surface area contributed by atoms with Crippen LogP contribution in [0.5, 0.6) is 0 Å². The number of hydrogen-bond donors (Lipinski definition) is 0.